The largest absolute Gasteiger partial charge is 0.497 e. The molecule has 2 bridgehead atoms. The van der Waals surface area contributed by atoms with Crippen molar-refractivity contribution in [2.75, 3.05) is 51.3 Å². The van der Waals surface area contributed by atoms with E-state index in [0.29, 0.717) is 50.2 Å². The highest BCUT2D eigenvalue weighted by molar-refractivity contribution is 7.22. The highest BCUT2D eigenvalue weighted by atomic mass is 32.1. The molecule has 35 heavy (non-hydrogen) atoms. The van der Waals surface area contributed by atoms with Crippen LogP contribution >= 0.6 is 11.3 Å². The van der Waals surface area contributed by atoms with Gasteiger partial charge in [-0.05, 0) is 19.1 Å². The van der Waals surface area contributed by atoms with Gasteiger partial charge in [-0.2, -0.15) is 0 Å². The van der Waals surface area contributed by atoms with Gasteiger partial charge in [-0.1, -0.05) is 23.5 Å². The number of amides is 3. The lowest BCUT2D eigenvalue weighted by molar-refractivity contribution is -0.141. The number of methoxy groups -OCH3 is 1. The third-order valence-electron chi connectivity index (χ3n) is 7.32. The smallest absolute Gasteiger partial charge is 0.409 e. The first-order chi connectivity index (χ1) is 16.9. The second kappa shape index (κ2) is 8.20. The SMILES string of the molecule is CCOC(=O)N1CCN(C(=O)[C@H]2[C@H]3C=C[C@]4(CN(c5nc6cc(OC)ccc6s5)C(=O)[C@@H]24)O3)CC1. The number of carbonyl (C=O) groups is 3. The molecule has 0 unspecified atom stereocenters. The van der Waals surface area contributed by atoms with E-state index in [0.717, 1.165) is 10.2 Å². The molecule has 1 aromatic carbocycles. The summed E-state index contributed by atoms with van der Waals surface area (Å²) in [5.41, 5.74) is -0.0516. The minimum Gasteiger partial charge on any atom is -0.497 e. The average molecular weight is 499 g/mol. The Morgan fingerprint density at radius 2 is 2.00 bits per heavy atom. The molecule has 1 aromatic heterocycles. The predicted molar refractivity (Wildman–Crippen MR) is 127 cm³/mol. The summed E-state index contributed by atoms with van der Waals surface area (Å²) < 4.78 is 17.6. The van der Waals surface area contributed by atoms with Crippen molar-refractivity contribution in [1.29, 1.82) is 0 Å². The molecule has 4 atom stereocenters. The highest BCUT2D eigenvalue weighted by Gasteiger charge is 2.67. The zero-order chi connectivity index (χ0) is 24.3. The monoisotopic (exact) mass is 498 g/mol. The fourth-order valence-electron chi connectivity index (χ4n) is 5.61. The number of ether oxygens (including phenoxy) is 3. The van der Waals surface area contributed by atoms with Gasteiger partial charge in [-0.15, -0.1) is 0 Å². The quantitative estimate of drug-likeness (QED) is 0.594. The first kappa shape index (κ1) is 22.3. The normalized spacial score (nSPS) is 29.3. The maximum atomic E-state index is 13.7. The summed E-state index contributed by atoms with van der Waals surface area (Å²) in [4.78, 5) is 49.0. The van der Waals surface area contributed by atoms with E-state index in [1.54, 1.807) is 28.7 Å². The Balaban J connectivity index is 1.22. The van der Waals surface area contributed by atoms with Crippen molar-refractivity contribution in [2.24, 2.45) is 11.8 Å². The number of hydrogen-bond acceptors (Lipinski definition) is 8. The number of aromatic nitrogens is 1. The van der Waals surface area contributed by atoms with Crippen molar-refractivity contribution in [3.63, 3.8) is 0 Å². The lowest BCUT2D eigenvalue weighted by Gasteiger charge is -2.36. The molecule has 5 heterocycles. The molecular weight excluding hydrogens is 472 g/mol. The van der Waals surface area contributed by atoms with Gasteiger partial charge in [0.2, 0.25) is 11.8 Å². The molecule has 0 aliphatic carbocycles. The Kier molecular flexibility index (Phi) is 5.22. The van der Waals surface area contributed by atoms with Crippen molar-refractivity contribution in [1.82, 2.24) is 14.8 Å². The molecule has 1 spiro atoms. The maximum absolute atomic E-state index is 13.7. The van der Waals surface area contributed by atoms with Crippen LogP contribution in [0.3, 0.4) is 0 Å². The Hall–Kier alpha value is -3.18. The van der Waals surface area contributed by atoms with Crippen LogP contribution in [0, 0.1) is 11.8 Å². The zero-order valence-electron chi connectivity index (χ0n) is 19.5. The molecule has 0 N–H and O–H groups in total. The molecule has 3 amide bonds. The van der Waals surface area contributed by atoms with Crippen LogP contribution in [-0.2, 0) is 19.1 Å². The van der Waals surface area contributed by atoms with Crippen LogP contribution in [0.25, 0.3) is 10.2 Å². The third-order valence-corrected chi connectivity index (χ3v) is 8.38. The standard InChI is InChI=1S/C24H26N4O6S/c1-3-33-23(31)27-10-8-26(9-11-27)20(29)18-16-6-7-24(34-16)13-28(21(30)19(18)24)22-25-15-12-14(32-2)4-5-17(15)35-22/h4-7,12,16,18-19H,3,8-11,13H2,1-2H3/t16-,18+,19-,24-/m1/s1. The zero-order valence-corrected chi connectivity index (χ0v) is 20.3. The predicted octanol–water partition coefficient (Wildman–Crippen LogP) is 1.89. The van der Waals surface area contributed by atoms with Gasteiger partial charge in [0.15, 0.2) is 5.13 Å². The van der Waals surface area contributed by atoms with Crippen molar-refractivity contribution in [2.45, 2.75) is 18.6 Å². The number of carbonyl (C=O) groups excluding carboxylic acids is 3. The Morgan fingerprint density at radius 3 is 2.74 bits per heavy atom. The molecule has 3 saturated heterocycles. The van der Waals surface area contributed by atoms with E-state index in [-0.39, 0.29) is 17.9 Å². The number of rotatable bonds is 4. The van der Waals surface area contributed by atoms with Crippen LogP contribution in [0.4, 0.5) is 9.93 Å². The van der Waals surface area contributed by atoms with E-state index in [1.807, 2.05) is 30.4 Å². The fourth-order valence-corrected chi connectivity index (χ4v) is 6.57. The minimum absolute atomic E-state index is 0.0982. The number of piperazine rings is 1. The molecule has 3 fully saturated rings. The summed E-state index contributed by atoms with van der Waals surface area (Å²) in [5.74, 6) is -0.697. The lowest BCUT2D eigenvalue weighted by atomic mass is 9.76. The van der Waals surface area contributed by atoms with E-state index in [4.69, 9.17) is 14.2 Å². The molecular formula is C24H26N4O6S. The van der Waals surface area contributed by atoms with Gasteiger partial charge in [-0.3, -0.25) is 14.5 Å². The molecule has 0 saturated carbocycles. The number of anilines is 1. The minimum atomic E-state index is -0.815. The maximum Gasteiger partial charge on any atom is 0.409 e. The molecule has 184 valence electrons. The summed E-state index contributed by atoms with van der Waals surface area (Å²) in [7, 11) is 1.60. The van der Waals surface area contributed by atoms with Gasteiger partial charge in [0.1, 0.15) is 11.4 Å². The molecule has 10 nitrogen and oxygen atoms in total. The molecule has 11 heteroatoms. The van der Waals surface area contributed by atoms with Crippen molar-refractivity contribution < 1.29 is 28.6 Å². The molecule has 6 rings (SSSR count). The number of hydrogen-bond donors (Lipinski definition) is 0. The number of fused-ring (bicyclic) bond motifs is 2. The number of nitrogens with zero attached hydrogens (tertiary/aromatic N) is 4. The molecule has 0 radical (unpaired) electrons. The van der Waals surface area contributed by atoms with Crippen molar-refractivity contribution >= 4 is 44.6 Å². The van der Waals surface area contributed by atoms with E-state index in [2.05, 4.69) is 4.98 Å². The molecule has 2 aromatic rings. The van der Waals surface area contributed by atoms with Crippen LogP contribution in [0.15, 0.2) is 30.4 Å². The third kappa shape index (κ3) is 3.40. The van der Waals surface area contributed by atoms with E-state index in [1.165, 1.54) is 11.3 Å². The van der Waals surface area contributed by atoms with Gasteiger partial charge in [0, 0.05) is 32.2 Å². The van der Waals surface area contributed by atoms with Gasteiger partial charge < -0.3 is 24.0 Å². The van der Waals surface area contributed by atoms with Crippen LogP contribution in [0.5, 0.6) is 5.75 Å². The van der Waals surface area contributed by atoms with Gasteiger partial charge >= 0.3 is 6.09 Å². The average Bonchev–Trinajstić information content (AvgIpc) is 3.62. The van der Waals surface area contributed by atoms with Crippen LogP contribution in [0.1, 0.15) is 6.92 Å². The number of thiazole rings is 1. The number of benzene rings is 1. The van der Waals surface area contributed by atoms with Crippen LogP contribution in [0.2, 0.25) is 0 Å². The second-order valence-corrected chi connectivity index (χ2v) is 10.2. The summed E-state index contributed by atoms with van der Waals surface area (Å²) in [6.45, 7) is 4.04. The highest BCUT2D eigenvalue weighted by Crippen LogP contribution is 2.53. The van der Waals surface area contributed by atoms with Gasteiger partial charge in [0.25, 0.3) is 0 Å². The van der Waals surface area contributed by atoms with Crippen molar-refractivity contribution in [3.8, 4) is 5.75 Å². The lowest BCUT2D eigenvalue weighted by Crippen LogP contribution is -2.54. The topological polar surface area (TPSA) is 102 Å². The van der Waals surface area contributed by atoms with E-state index < -0.39 is 23.5 Å². The summed E-state index contributed by atoms with van der Waals surface area (Å²) in [6, 6.07) is 5.64. The fraction of sp³-hybridized carbons (Fsp3) is 0.500. The Labute approximate surface area is 206 Å². The first-order valence-corrected chi connectivity index (χ1v) is 12.6. The van der Waals surface area contributed by atoms with Gasteiger partial charge in [-0.25, -0.2) is 9.78 Å². The van der Waals surface area contributed by atoms with E-state index in [9.17, 15) is 14.4 Å². The van der Waals surface area contributed by atoms with Crippen LogP contribution in [-0.4, -0.2) is 90.8 Å². The molecule has 4 aliphatic rings. The Bertz CT molecular complexity index is 1240. The molecule has 4 aliphatic heterocycles. The summed E-state index contributed by atoms with van der Waals surface area (Å²) in [5, 5.41) is 0.594. The van der Waals surface area contributed by atoms with Crippen LogP contribution < -0.4 is 9.64 Å². The Morgan fingerprint density at radius 1 is 1.23 bits per heavy atom. The van der Waals surface area contributed by atoms with Crippen molar-refractivity contribution in [3.05, 3.63) is 30.4 Å². The summed E-state index contributed by atoms with van der Waals surface area (Å²) in [6.07, 6.45) is 3.08. The van der Waals surface area contributed by atoms with Gasteiger partial charge in [0.05, 0.1) is 48.4 Å². The second-order valence-electron chi connectivity index (χ2n) is 9.17. The van der Waals surface area contributed by atoms with E-state index >= 15 is 0 Å². The first-order valence-electron chi connectivity index (χ1n) is 11.8. The summed E-state index contributed by atoms with van der Waals surface area (Å²) >= 11 is 1.44.